The molecule has 0 spiro atoms. The Morgan fingerprint density at radius 2 is 1.82 bits per heavy atom. The molecule has 0 saturated carbocycles. The molecule has 1 unspecified atom stereocenters. The van der Waals surface area contributed by atoms with Gasteiger partial charge in [-0.2, -0.15) is 10.2 Å². The Bertz CT molecular complexity index is 1110. The van der Waals surface area contributed by atoms with E-state index in [1.165, 1.54) is 16.7 Å². The Kier molecular flexibility index (Phi) is 7.28. The molecule has 7 heteroatoms. The van der Waals surface area contributed by atoms with Crippen LogP contribution in [0.2, 0.25) is 0 Å². The summed E-state index contributed by atoms with van der Waals surface area (Å²) < 4.78 is 17.3. The average molecular weight is 447 g/mol. The third kappa shape index (κ3) is 5.72. The summed E-state index contributed by atoms with van der Waals surface area (Å²) in [6.07, 6.45) is 0. The Labute approximate surface area is 194 Å². The van der Waals surface area contributed by atoms with E-state index >= 15 is 0 Å². The quantitative estimate of drug-likeness (QED) is 0.544. The predicted molar refractivity (Wildman–Crippen MR) is 126 cm³/mol. The molecule has 4 rings (SSSR count). The highest BCUT2D eigenvalue weighted by Crippen LogP contribution is 2.26. The van der Waals surface area contributed by atoms with Crippen LogP contribution >= 0.6 is 0 Å². The van der Waals surface area contributed by atoms with E-state index in [0.717, 1.165) is 24.4 Å². The van der Waals surface area contributed by atoms with Crippen LogP contribution in [-0.2, 0) is 11.3 Å². The van der Waals surface area contributed by atoms with Gasteiger partial charge in [-0.25, -0.2) is 0 Å². The maximum Gasteiger partial charge on any atom is 0.236 e. The van der Waals surface area contributed by atoms with Crippen molar-refractivity contribution in [2.45, 2.75) is 33.4 Å². The zero-order chi connectivity index (χ0) is 23.2. The van der Waals surface area contributed by atoms with Crippen LogP contribution in [0, 0.1) is 32.1 Å². The van der Waals surface area contributed by atoms with E-state index in [1.807, 2.05) is 26.0 Å². The fraction of sp³-hybridized carbons (Fsp3) is 0.385. The molecule has 1 aliphatic heterocycles. The van der Waals surface area contributed by atoms with E-state index in [1.54, 1.807) is 0 Å². The Morgan fingerprint density at radius 3 is 2.52 bits per heavy atom. The van der Waals surface area contributed by atoms with E-state index in [-0.39, 0.29) is 18.3 Å². The molecule has 1 aliphatic rings. The van der Waals surface area contributed by atoms with Crippen LogP contribution in [0.5, 0.6) is 5.75 Å². The summed E-state index contributed by atoms with van der Waals surface area (Å²) in [6, 6.07) is 16.8. The first kappa shape index (κ1) is 22.8. The number of aryl methyl sites for hydroxylation is 3. The molecule has 1 fully saturated rings. The zero-order valence-electron chi connectivity index (χ0n) is 19.4. The van der Waals surface area contributed by atoms with Crippen LogP contribution in [-0.4, -0.2) is 42.7 Å². The number of ether oxygens (including phenoxy) is 2. The van der Waals surface area contributed by atoms with Gasteiger partial charge in [0, 0.05) is 19.6 Å². The zero-order valence-corrected chi connectivity index (χ0v) is 19.4. The number of morpholine rings is 1. The van der Waals surface area contributed by atoms with E-state index < -0.39 is 0 Å². The highest BCUT2D eigenvalue weighted by Gasteiger charge is 2.24. The normalized spacial score (nSPS) is 15.1. The first-order valence-electron chi connectivity index (χ1n) is 11.3. The van der Waals surface area contributed by atoms with Gasteiger partial charge >= 0.3 is 0 Å². The van der Waals surface area contributed by atoms with Crippen LogP contribution in [0.1, 0.15) is 39.9 Å². The van der Waals surface area contributed by atoms with Crippen molar-refractivity contribution < 1.29 is 13.9 Å². The molecule has 33 heavy (non-hydrogen) atoms. The number of nitrogens with one attached hydrogen (secondary N) is 1. The van der Waals surface area contributed by atoms with Crippen LogP contribution in [0.25, 0.3) is 0 Å². The fourth-order valence-corrected chi connectivity index (χ4v) is 4.05. The largest absolute Gasteiger partial charge is 0.484 e. The second-order valence-electron chi connectivity index (χ2n) is 8.41. The summed E-state index contributed by atoms with van der Waals surface area (Å²) >= 11 is 0. The van der Waals surface area contributed by atoms with E-state index in [9.17, 15) is 5.26 Å². The molecule has 0 aliphatic carbocycles. The van der Waals surface area contributed by atoms with Crippen molar-refractivity contribution >= 4 is 5.88 Å². The van der Waals surface area contributed by atoms with Crippen molar-refractivity contribution in [2.24, 2.45) is 0 Å². The third-order valence-electron chi connectivity index (χ3n) is 5.86. The van der Waals surface area contributed by atoms with Gasteiger partial charge in [0.25, 0.3) is 0 Å². The Morgan fingerprint density at radius 1 is 1.09 bits per heavy atom. The van der Waals surface area contributed by atoms with Crippen LogP contribution < -0.4 is 10.1 Å². The molecule has 1 aromatic heterocycles. The van der Waals surface area contributed by atoms with E-state index in [4.69, 9.17) is 13.9 Å². The lowest BCUT2D eigenvalue weighted by atomic mass is 10.0. The van der Waals surface area contributed by atoms with Crippen LogP contribution in [0.3, 0.4) is 0 Å². The van der Waals surface area contributed by atoms with Gasteiger partial charge in [0.05, 0.1) is 19.3 Å². The SMILES string of the molecule is Cc1ccc(C(CNc2oc(COc3ccc(C)cc3C)nc2C#N)N2CCOCC2)cc1. The standard InChI is InChI=1S/C26H30N4O3/c1-18-4-7-21(8-5-18)23(30-10-12-31-13-11-30)16-28-26-22(15-27)29-25(33-26)17-32-24-9-6-19(2)14-20(24)3/h4-9,14,23,28H,10-13,16-17H2,1-3H3. The predicted octanol–water partition coefficient (Wildman–Crippen LogP) is 4.54. The van der Waals surface area contributed by atoms with Gasteiger partial charge in [-0.1, -0.05) is 47.5 Å². The number of nitrogens with zero attached hydrogens (tertiary/aromatic N) is 3. The Balaban J connectivity index is 1.46. The molecule has 0 radical (unpaired) electrons. The number of nitriles is 1. The summed E-state index contributed by atoms with van der Waals surface area (Å²) in [6.45, 7) is 10.0. The lowest BCUT2D eigenvalue weighted by Gasteiger charge is -2.35. The number of hydrogen-bond donors (Lipinski definition) is 1. The van der Waals surface area contributed by atoms with Gasteiger partial charge in [0.2, 0.25) is 17.5 Å². The minimum Gasteiger partial charge on any atom is -0.484 e. The summed E-state index contributed by atoms with van der Waals surface area (Å²) in [7, 11) is 0. The van der Waals surface area contributed by atoms with Gasteiger partial charge in [-0.15, -0.1) is 0 Å². The molecule has 1 saturated heterocycles. The molecular weight excluding hydrogens is 416 g/mol. The molecule has 0 bridgehead atoms. The fourth-order valence-electron chi connectivity index (χ4n) is 4.05. The summed E-state index contributed by atoms with van der Waals surface area (Å²) in [5, 5.41) is 12.9. The second-order valence-corrected chi connectivity index (χ2v) is 8.41. The van der Waals surface area contributed by atoms with Crippen molar-refractivity contribution in [3.8, 4) is 11.8 Å². The summed E-state index contributed by atoms with van der Waals surface area (Å²) in [5.41, 5.74) is 4.90. The average Bonchev–Trinajstić information content (AvgIpc) is 3.22. The maximum absolute atomic E-state index is 9.57. The topological polar surface area (TPSA) is 83.6 Å². The van der Waals surface area contributed by atoms with Crippen molar-refractivity contribution in [1.82, 2.24) is 9.88 Å². The highest BCUT2D eigenvalue weighted by molar-refractivity contribution is 5.46. The number of oxazole rings is 1. The van der Waals surface area contributed by atoms with Crippen molar-refractivity contribution in [2.75, 3.05) is 38.2 Å². The first-order chi connectivity index (χ1) is 16.0. The minimum atomic E-state index is 0.126. The lowest BCUT2D eigenvalue weighted by molar-refractivity contribution is 0.0186. The van der Waals surface area contributed by atoms with Crippen molar-refractivity contribution in [1.29, 1.82) is 5.26 Å². The Hall–Kier alpha value is -3.34. The van der Waals surface area contributed by atoms with Gasteiger partial charge in [-0.3, -0.25) is 4.90 Å². The van der Waals surface area contributed by atoms with E-state index in [0.29, 0.717) is 31.5 Å². The number of aromatic nitrogens is 1. The third-order valence-corrected chi connectivity index (χ3v) is 5.86. The molecule has 2 heterocycles. The minimum absolute atomic E-state index is 0.126. The molecule has 1 N–H and O–H groups in total. The van der Waals surface area contributed by atoms with Gasteiger partial charge in [-0.05, 0) is 38.0 Å². The molecule has 7 nitrogen and oxygen atoms in total. The maximum atomic E-state index is 9.57. The number of hydrogen-bond acceptors (Lipinski definition) is 7. The number of rotatable bonds is 8. The smallest absolute Gasteiger partial charge is 0.236 e. The number of benzene rings is 2. The van der Waals surface area contributed by atoms with Crippen molar-refractivity contribution in [3.63, 3.8) is 0 Å². The summed E-state index contributed by atoms with van der Waals surface area (Å²) in [5.74, 6) is 1.52. The van der Waals surface area contributed by atoms with Gasteiger partial charge < -0.3 is 19.2 Å². The van der Waals surface area contributed by atoms with Crippen LogP contribution in [0.15, 0.2) is 46.9 Å². The molecule has 1 atom stereocenters. The van der Waals surface area contributed by atoms with Gasteiger partial charge in [0.1, 0.15) is 11.8 Å². The van der Waals surface area contributed by atoms with Crippen molar-refractivity contribution in [3.05, 3.63) is 76.3 Å². The molecule has 3 aromatic rings. The van der Waals surface area contributed by atoms with E-state index in [2.05, 4.69) is 58.5 Å². The molecule has 0 amide bonds. The second kappa shape index (κ2) is 10.5. The lowest BCUT2D eigenvalue weighted by Crippen LogP contribution is -2.41. The highest BCUT2D eigenvalue weighted by atomic mass is 16.5. The molecule has 2 aromatic carbocycles. The monoisotopic (exact) mass is 446 g/mol. The number of anilines is 1. The van der Waals surface area contributed by atoms with Crippen LogP contribution in [0.4, 0.5) is 5.88 Å². The molecule has 172 valence electrons. The first-order valence-corrected chi connectivity index (χ1v) is 11.3. The molecular formula is C26H30N4O3. The van der Waals surface area contributed by atoms with Gasteiger partial charge in [0.15, 0.2) is 6.61 Å². The summed E-state index contributed by atoms with van der Waals surface area (Å²) in [4.78, 5) is 6.71.